The number of carbonyl (C=O) groups is 1. The first-order chi connectivity index (χ1) is 8.59. The summed E-state index contributed by atoms with van der Waals surface area (Å²) in [6.45, 7) is 1.31. The summed E-state index contributed by atoms with van der Waals surface area (Å²) in [5.74, 6) is 0.108. The van der Waals surface area contributed by atoms with E-state index in [2.05, 4.69) is 9.97 Å². The van der Waals surface area contributed by atoms with Gasteiger partial charge in [-0.2, -0.15) is 0 Å². The molecule has 8 heteroatoms. The molecule has 2 rings (SSSR count). The number of carbonyl (C=O) groups excluding carboxylic acids is 1. The van der Waals surface area contributed by atoms with Crippen molar-refractivity contribution in [3.8, 4) is 0 Å². The Morgan fingerprint density at radius 1 is 1.44 bits per heavy atom. The summed E-state index contributed by atoms with van der Waals surface area (Å²) in [7, 11) is 0. The van der Waals surface area contributed by atoms with Gasteiger partial charge in [0.15, 0.2) is 0 Å². The van der Waals surface area contributed by atoms with Crippen LogP contribution >= 0.6 is 12.2 Å². The van der Waals surface area contributed by atoms with E-state index in [0.717, 1.165) is 0 Å². The molecule has 0 aromatic carbocycles. The van der Waals surface area contributed by atoms with E-state index in [9.17, 15) is 4.79 Å². The number of morpholine rings is 1. The predicted molar refractivity (Wildman–Crippen MR) is 69.1 cm³/mol. The molecule has 1 saturated heterocycles. The van der Waals surface area contributed by atoms with Crippen LogP contribution in [0.3, 0.4) is 0 Å². The number of anilines is 1. The minimum absolute atomic E-state index is 0.183. The number of ether oxygens (including phenoxy) is 1. The first kappa shape index (κ1) is 12.7. The molecule has 1 amide bonds. The van der Waals surface area contributed by atoms with Gasteiger partial charge in [-0.15, -0.1) is 0 Å². The molecule has 0 aliphatic carbocycles. The third-order valence-corrected chi connectivity index (χ3v) is 2.85. The highest BCUT2D eigenvalue weighted by molar-refractivity contribution is 7.80. The van der Waals surface area contributed by atoms with Crippen molar-refractivity contribution in [2.75, 3.05) is 24.7 Å². The summed E-state index contributed by atoms with van der Waals surface area (Å²) in [5.41, 5.74) is 11.2. The Balaban J connectivity index is 2.23. The Labute approximate surface area is 109 Å². The quantitative estimate of drug-likeness (QED) is 0.662. The molecule has 0 bridgehead atoms. The van der Waals surface area contributed by atoms with E-state index in [1.165, 1.54) is 12.4 Å². The van der Waals surface area contributed by atoms with Crippen LogP contribution in [-0.4, -0.2) is 46.7 Å². The molecule has 4 N–H and O–H groups in total. The van der Waals surface area contributed by atoms with E-state index < -0.39 is 11.9 Å². The lowest BCUT2D eigenvalue weighted by Crippen LogP contribution is -2.53. The Morgan fingerprint density at radius 3 is 2.78 bits per heavy atom. The molecule has 1 unspecified atom stereocenters. The predicted octanol–water partition coefficient (Wildman–Crippen LogP) is -1.20. The molecule has 1 aliphatic heterocycles. The fourth-order valence-corrected chi connectivity index (χ4v) is 1.82. The summed E-state index contributed by atoms with van der Waals surface area (Å²) in [6, 6.07) is -0.524. The highest BCUT2D eigenvalue weighted by Crippen LogP contribution is 2.16. The molecule has 1 fully saturated rings. The van der Waals surface area contributed by atoms with Gasteiger partial charge in [0.2, 0.25) is 5.91 Å². The molecule has 0 spiro atoms. The molecular weight excluding hydrogens is 254 g/mol. The number of aromatic nitrogens is 2. The van der Waals surface area contributed by atoms with Gasteiger partial charge in [0, 0.05) is 6.54 Å². The minimum Gasteiger partial charge on any atom is -0.388 e. The van der Waals surface area contributed by atoms with E-state index >= 15 is 0 Å². The summed E-state index contributed by atoms with van der Waals surface area (Å²) in [4.78, 5) is 21.5. The smallest absolute Gasteiger partial charge is 0.242 e. The summed E-state index contributed by atoms with van der Waals surface area (Å²) >= 11 is 4.79. The van der Waals surface area contributed by atoms with E-state index in [1.807, 2.05) is 0 Å². The van der Waals surface area contributed by atoms with E-state index in [-0.39, 0.29) is 11.6 Å². The maximum Gasteiger partial charge on any atom is 0.242 e. The maximum atomic E-state index is 11.3. The van der Waals surface area contributed by atoms with Crippen molar-refractivity contribution in [2.45, 2.75) is 6.04 Å². The zero-order valence-corrected chi connectivity index (χ0v) is 10.4. The minimum atomic E-state index is -0.524. The van der Waals surface area contributed by atoms with Crippen LogP contribution in [0.4, 0.5) is 5.82 Å². The van der Waals surface area contributed by atoms with Crippen molar-refractivity contribution < 1.29 is 9.53 Å². The Hall–Kier alpha value is -1.80. The lowest BCUT2D eigenvalue weighted by molar-refractivity contribution is -0.121. The topological polar surface area (TPSA) is 107 Å². The number of hydrogen-bond acceptors (Lipinski definition) is 6. The molecule has 0 radical (unpaired) electrons. The Kier molecular flexibility index (Phi) is 3.68. The normalized spacial score (nSPS) is 19.6. The van der Waals surface area contributed by atoms with Crippen molar-refractivity contribution in [3.63, 3.8) is 0 Å². The average Bonchev–Trinajstić information content (AvgIpc) is 2.39. The van der Waals surface area contributed by atoms with Crippen molar-refractivity contribution in [1.82, 2.24) is 9.97 Å². The first-order valence-electron chi connectivity index (χ1n) is 5.35. The fraction of sp³-hybridized carbons (Fsp3) is 0.400. The molecule has 1 aliphatic rings. The summed E-state index contributed by atoms with van der Waals surface area (Å²) in [5, 5.41) is 0. The summed E-state index contributed by atoms with van der Waals surface area (Å²) < 4.78 is 5.23. The van der Waals surface area contributed by atoms with Gasteiger partial charge in [-0.25, -0.2) is 9.97 Å². The van der Waals surface area contributed by atoms with E-state index in [1.54, 1.807) is 4.90 Å². The molecule has 7 nitrogen and oxygen atoms in total. The van der Waals surface area contributed by atoms with Crippen LogP contribution in [-0.2, 0) is 9.53 Å². The van der Waals surface area contributed by atoms with Gasteiger partial charge >= 0.3 is 0 Å². The Bertz CT molecular complexity index is 464. The highest BCUT2D eigenvalue weighted by Gasteiger charge is 2.28. The highest BCUT2D eigenvalue weighted by atomic mass is 32.1. The third-order valence-electron chi connectivity index (χ3n) is 2.64. The van der Waals surface area contributed by atoms with Gasteiger partial charge in [0.25, 0.3) is 0 Å². The van der Waals surface area contributed by atoms with Crippen LogP contribution < -0.4 is 16.4 Å². The number of rotatable bonds is 3. The van der Waals surface area contributed by atoms with Gasteiger partial charge in [-0.3, -0.25) is 4.79 Å². The number of amides is 1. The molecule has 18 heavy (non-hydrogen) atoms. The van der Waals surface area contributed by atoms with Crippen LogP contribution in [0.15, 0.2) is 12.4 Å². The average molecular weight is 267 g/mol. The third kappa shape index (κ3) is 2.54. The second-order valence-electron chi connectivity index (χ2n) is 3.81. The molecule has 96 valence electrons. The zero-order chi connectivity index (χ0) is 13.1. The van der Waals surface area contributed by atoms with Gasteiger partial charge in [0.1, 0.15) is 22.5 Å². The van der Waals surface area contributed by atoms with Crippen LogP contribution in [0, 0.1) is 0 Å². The number of primary amides is 1. The van der Waals surface area contributed by atoms with Crippen LogP contribution in [0.1, 0.15) is 5.69 Å². The van der Waals surface area contributed by atoms with Crippen molar-refractivity contribution in [3.05, 3.63) is 18.1 Å². The number of hydrogen-bond donors (Lipinski definition) is 2. The SMILES string of the molecule is NC(=O)C1COCCN1c1cnc(C(N)=S)cn1. The molecule has 1 atom stereocenters. The van der Waals surface area contributed by atoms with Crippen molar-refractivity contribution in [1.29, 1.82) is 0 Å². The van der Waals surface area contributed by atoms with Crippen LogP contribution in [0.2, 0.25) is 0 Å². The van der Waals surface area contributed by atoms with E-state index in [4.69, 9.17) is 28.4 Å². The second kappa shape index (κ2) is 5.23. The van der Waals surface area contributed by atoms with Crippen molar-refractivity contribution in [2.24, 2.45) is 11.5 Å². The number of thiocarbonyl (C=S) groups is 1. The molecular formula is C10H13N5O2S. The molecule has 0 saturated carbocycles. The van der Waals surface area contributed by atoms with Gasteiger partial charge in [0.05, 0.1) is 25.6 Å². The van der Waals surface area contributed by atoms with Crippen LogP contribution in [0.25, 0.3) is 0 Å². The maximum absolute atomic E-state index is 11.3. The van der Waals surface area contributed by atoms with Gasteiger partial charge in [-0.05, 0) is 0 Å². The first-order valence-corrected chi connectivity index (χ1v) is 5.76. The fourth-order valence-electron chi connectivity index (χ4n) is 1.71. The number of nitrogens with zero attached hydrogens (tertiary/aromatic N) is 3. The van der Waals surface area contributed by atoms with Crippen molar-refractivity contribution >= 4 is 28.9 Å². The van der Waals surface area contributed by atoms with Crippen LogP contribution in [0.5, 0.6) is 0 Å². The largest absolute Gasteiger partial charge is 0.388 e. The lowest BCUT2D eigenvalue weighted by Gasteiger charge is -2.34. The second-order valence-corrected chi connectivity index (χ2v) is 4.25. The van der Waals surface area contributed by atoms with Gasteiger partial charge < -0.3 is 21.1 Å². The monoisotopic (exact) mass is 267 g/mol. The van der Waals surface area contributed by atoms with Gasteiger partial charge in [-0.1, -0.05) is 12.2 Å². The summed E-state index contributed by atoms with van der Waals surface area (Å²) in [6.07, 6.45) is 3.00. The Morgan fingerprint density at radius 2 is 2.22 bits per heavy atom. The molecule has 1 aromatic heterocycles. The lowest BCUT2D eigenvalue weighted by atomic mass is 10.2. The standard InChI is InChI=1S/C10H13N5O2S/c11-9(16)7-5-17-2-1-15(7)8-4-13-6(3-14-8)10(12)18/h3-4,7H,1-2,5H2,(H2,11,16)(H2,12,18). The zero-order valence-electron chi connectivity index (χ0n) is 9.57. The molecule has 2 heterocycles. The number of nitrogens with two attached hydrogens (primary N) is 2. The molecule has 1 aromatic rings. The van der Waals surface area contributed by atoms with E-state index in [0.29, 0.717) is 24.7 Å².